The molecule has 0 amide bonds. The fourth-order valence-corrected chi connectivity index (χ4v) is 1.92. The predicted octanol–water partition coefficient (Wildman–Crippen LogP) is 3.50. The molecule has 0 saturated heterocycles. The van der Waals surface area contributed by atoms with Crippen LogP contribution in [-0.4, -0.2) is 30.0 Å². The van der Waals surface area contributed by atoms with Crippen molar-refractivity contribution in [1.82, 2.24) is 0 Å². The van der Waals surface area contributed by atoms with Gasteiger partial charge in [0.25, 0.3) is 0 Å². The summed E-state index contributed by atoms with van der Waals surface area (Å²) in [5.74, 6) is 0.983. The summed E-state index contributed by atoms with van der Waals surface area (Å²) < 4.78 is 28.5. The molecule has 0 aromatic rings. The molecule has 0 aromatic carbocycles. The van der Waals surface area contributed by atoms with Gasteiger partial charge in [-0.1, -0.05) is 6.42 Å². The van der Waals surface area contributed by atoms with Gasteiger partial charge in [-0.05, 0) is 32.4 Å². The van der Waals surface area contributed by atoms with E-state index in [1.807, 2.05) is 13.8 Å². The molecule has 0 radical (unpaired) electrons. The third-order valence-corrected chi connectivity index (χ3v) is 2.82. The maximum Gasteiger partial charge on any atom is 0.316 e. The lowest BCUT2D eigenvalue weighted by Crippen LogP contribution is -2.13. The van der Waals surface area contributed by atoms with Crippen molar-refractivity contribution in [2.75, 3.05) is 11.5 Å². The van der Waals surface area contributed by atoms with Crippen molar-refractivity contribution in [3.63, 3.8) is 0 Å². The van der Waals surface area contributed by atoms with Gasteiger partial charge in [0, 0.05) is 6.42 Å². The minimum atomic E-state index is -2.19. The Balaban J connectivity index is 3.18. The van der Waals surface area contributed by atoms with Crippen molar-refractivity contribution in [3.8, 4) is 0 Å². The molecule has 5 heteroatoms. The smallest absolute Gasteiger partial charge is 0.316 e. The van der Waals surface area contributed by atoms with Gasteiger partial charge in [-0.25, -0.2) is 8.78 Å². The average molecular weight is 254 g/mol. The van der Waals surface area contributed by atoms with Crippen LogP contribution < -0.4 is 0 Å². The number of rotatable bonds is 9. The maximum atomic E-state index is 11.8. The van der Waals surface area contributed by atoms with E-state index in [1.54, 1.807) is 0 Å². The highest BCUT2D eigenvalue weighted by Crippen LogP contribution is 2.11. The lowest BCUT2D eigenvalue weighted by molar-refractivity contribution is -0.144. The molecule has 0 atom stereocenters. The standard InChI is InChI=1S/C11H20F2O2S/c1-9(2)15-11(14)8-16-7-5-3-4-6-10(12)13/h9-10H,3-8H2,1-2H3. The molecule has 0 aliphatic heterocycles. The van der Waals surface area contributed by atoms with E-state index in [4.69, 9.17) is 4.74 Å². The van der Waals surface area contributed by atoms with Gasteiger partial charge in [0.05, 0.1) is 11.9 Å². The van der Waals surface area contributed by atoms with E-state index in [-0.39, 0.29) is 18.5 Å². The minimum absolute atomic E-state index is 0.0138. The number of thioether (sulfide) groups is 1. The summed E-state index contributed by atoms with van der Waals surface area (Å²) in [6.07, 6.45) is -0.0229. The third kappa shape index (κ3) is 11.8. The summed E-state index contributed by atoms with van der Waals surface area (Å²) in [4.78, 5) is 11.1. The van der Waals surface area contributed by atoms with Gasteiger partial charge in [0.15, 0.2) is 0 Å². The van der Waals surface area contributed by atoms with E-state index in [0.29, 0.717) is 12.2 Å². The van der Waals surface area contributed by atoms with Crippen molar-refractivity contribution in [1.29, 1.82) is 0 Å². The summed E-state index contributed by atoms with van der Waals surface area (Å²) in [6, 6.07) is 0. The predicted molar refractivity (Wildman–Crippen MR) is 63.0 cm³/mol. The van der Waals surface area contributed by atoms with Gasteiger partial charge in [0.2, 0.25) is 6.43 Å². The molecule has 0 aromatic heterocycles. The Labute approximate surface area is 100 Å². The van der Waals surface area contributed by atoms with Crippen LogP contribution in [0.2, 0.25) is 0 Å². The summed E-state index contributed by atoms with van der Waals surface area (Å²) >= 11 is 1.50. The molecule has 96 valence electrons. The molecular weight excluding hydrogens is 234 g/mol. The number of hydrogen-bond acceptors (Lipinski definition) is 3. The van der Waals surface area contributed by atoms with Crippen LogP contribution in [0.3, 0.4) is 0 Å². The first-order valence-corrected chi connectivity index (χ1v) is 6.73. The Morgan fingerprint density at radius 3 is 2.50 bits per heavy atom. The highest BCUT2D eigenvalue weighted by Gasteiger charge is 2.05. The average Bonchev–Trinajstić information content (AvgIpc) is 2.14. The Morgan fingerprint density at radius 1 is 1.25 bits per heavy atom. The van der Waals surface area contributed by atoms with E-state index in [2.05, 4.69) is 0 Å². The van der Waals surface area contributed by atoms with Crippen molar-refractivity contribution in [2.24, 2.45) is 0 Å². The van der Waals surface area contributed by atoms with E-state index < -0.39 is 6.43 Å². The third-order valence-electron chi connectivity index (χ3n) is 1.80. The maximum absolute atomic E-state index is 11.8. The lowest BCUT2D eigenvalue weighted by Gasteiger charge is -2.07. The van der Waals surface area contributed by atoms with Crippen LogP contribution in [0.4, 0.5) is 8.78 Å². The number of alkyl halides is 2. The van der Waals surface area contributed by atoms with E-state index in [1.165, 1.54) is 11.8 Å². The molecule has 0 bridgehead atoms. The molecule has 0 unspecified atom stereocenters. The summed E-state index contributed by atoms with van der Waals surface area (Å²) in [7, 11) is 0. The number of carbonyl (C=O) groups is 1. The molecule has 0 fully saturated rings. The van der Waals surface area contributed by atoms with Crippen LogP contribution >= 0.6 is 11.8 Å². The van der Waals surface area contributed by atoms with E-state index in [0.717, 1.165) is 18.6 Å². The second-order valence-electron chi connectivity index (χ2n) is 3.83. The molecule has 2 nitrogen and oxygen atoms in total. The lowest BCUT2D eigenvalue weighted by atomic mass is 10.2. The molecule has 0 heterocycles. The topological polar surface area (TPSA) is 26.3 Å². The zero-order chi connectivity index (χ0) is 12.4. The van der Waals surface area contributed by atoms with Gasteiger partial charge in [-0.3, -0.25) is 4.79 Å². The van der Waals surface area contributed by atoms with Crippen LogP contribution in [0.15, 0.2) is 0 Å². The van der Waals surface area contributed by atoms with Crippen molar-refractivity contribution < 1.29 is 18.3 Å². The zero-order valence-electron chi connectivity index (χ0n) is 9.88. The number of ether oxygens (including phenoxy) is 1. The van der Waals surface area contributed by atoms with Crippen molar-refractivity contribution in [3.05, 3.63) is 0 Å². The van der Waals surface area contributed by atoms with E-state index >= 15 is 0 Å². The van der Waals surface area contributed by atoms with Crippen molar-refractivity contribution >= 4 is 17.7 Å². The SMILES string of the molecule is CC(C)OC(=O)CSCCCCCC(F)F. The first-order chi connectivity index (χ1) is 7.52. The van der Waals surface area contributed by atoms with Gasteiger partial charge < -0.3 is 4.74 Å². The van der Waals surface area contributed by atoms with Gasteiger partial charge >= 0.3 is 5.97 Å². The monoisotopic (exact) mass is 254 g/mol. The summed E-state index contributed by atoms with van der Waals surface area (Å²) in [5.41, 5.74) is 0. The highest BCUT2D eigenvalue weighted by atomic mass is 32.2. The van der Waals surface area contributed by atoms with Crippen LogP contribution in [0, 0.1) is 0 Å². The molecule has 0 aliphatic carbocycles. The fourth-order valence-electron chi connectivity index (χ4n) is 1.13. The van der Waals surface area contributed by atoms with Gasteiger partial charge in [-0.15, -0.1) is 0 Å². The Kier molecular flexibility index (Phi) is 9.68. The first kappa shape index (κ1) is 15.7. The Hall–Kier alpha value is -0.320. The highest BCUT2D eigenvalue weighted by molar-refractivity contribution is 7.99. The number of hydrogen-bond donors (Lipinski definition) is 0. The Bertz CT molecular complexity index is 187. The molecule has 16 heavy (non-hydrogen) atoms. The summed E-state index contributed by atoms with van der Waals surface area (Å²) in [5, 5.41) is 0. The zero-order valence-corrected chi connectivity index (χ0v) is 10.7. The molecule has 0 N–H and O–H groups in total. The van der Waals surface area contributed by atoms with Gasteiger partial charge in [-0.2, -0.15) is 11.8 Å². The molecule has 0 rings (SSSR count). The fraction of sp³-hybridized carbons (Fsp3) is 0.909. The molecule has 0 spiro atoms. The second kappa shape index (κ2) is 9.87. The first-order valence-electron chi connectivity index (χ1n) is 5.57. The molecule has 0 saturated carbocycles. The molecular formula is C11H20F2O2S. The van der Waals surface area contributed by atoms with Crippen LogP contribution in [0.1, 0.15) is 39.5 Å². The Morgan fingerprint density at radius 2 is 1.94 bits per heavy atom. The quantitative estimate of drug-likeness (QED) is 0.465. The van der Waals surface area contributed by atoms with Gasteiger partial charge in [0.1, 0.15) is 0 Å². The number of carbonyl (C=O) groups excluding carboxylic acids is 1. The second-order valence-corrected chi connectivity index (χ2v) is 4.94. The number of esters is 1. The van der Waals surface area contributed by atoms with E-state index in [9.17, 15) is 13.6 Å². The summed E-state index contributed by atoms with van der Waals surface area (Å²) in [6.45, 7) is 3.62. The largest absolute Gasteiger partial charge is 0.462 e. The number of halogens is 2. The van der Waals surface area contributed by atoms with Crippen LogP contribution in [0.25, 0.3) is 0 Å². The van der Waals surface area contributed by atoms with Crippen LogP contribution in [0.5, 0.6) is 0 Å². The normalized spacial score (nSPS) is 11.1. The minimum Gasteiger partial charge on any atom is -0.462 e. The molecule has 0 aliphatic rings. The van der Waals surface area contributed by atoms with Crippen molar-refractivity contribution in [2.45, 2.75) is 52.1 Å². The van der Waals surface area contributed by atoms with Crippen LogP contribution in [-0.2, 0) is 9.53 Å². The number of unbranched alkanes of at least 4 members (excludes halogenated alkanes) is 2.